The van der Waals surface area contributed by atoms with Crippen molar-refractivity contribution in [2.45, 2.75) is 104 Å². The number of aromatic nitrogens is 3. The Balaban J connectivity index is 0.925. The van der Waals surface area contributed by atoms with Gasteiger partial charge in [0, 0.05) is 89.2 Å². The van der Waals surface area contributed by atoms with Crippen molar-refractivity contribution >= 4 is 81.0 Å². The van der Waals surface area contributed by atoms with E-state index in [-0.39, 0.29) is 47.4 Å². The molecule has 1 aromatic carbocycles. The second kappa shape index (κ2) is 30.7. The molecule has 438 valence electrons. The van der Waals surface area contributed by atoms with Crippen molar-refractivity contribution in [2.75, 3.05) is 82.2 Å². The lowest BCUT2D eigenvalue weighted by Gasteiger charge is -2.35. The van der Waals surface area contributed by atoms with Crippen LogP contribution in [-0.4, -0.2) is 152 Å². The van der Waals surface area contributed by atoms with E-state index >= 15 is 0 Å². The minimum Gasteiger partial charge on any atom is -0.448 e. The number of fused-ring (bicyclic) bond motifs is 2. The highest BCUT2D eigenvalue weighted by molar-refractivity contribution is 7.17. The van der Waals surface area contributed by atoms with Crippen LogP contribution in [0.3, 0.4) is 0 Å². The number of amides is 4. The summed E-state index contributed by atoms with van der Waals surface area (Å²) in [5.41, 5.74) is 7.84. The van der Waals surface area contributed by atoms with Crippen LogP contribution >= 0.6 is 22.9 Å². The number of methoxy groups -OCH3 is 2. The fraction of sp³-hybridized carbons (Fsp3) is 0.491. The molecule has 1 fully saturated rings. The number of aliphatic hydroxyl groups excluding tert-OH is 1. The minimum atomic E-state index is -1.02. The molecule has 81 heavy (non-hydrogen) atoms. The lowest BCUT2D eigenvalue weighted by atomic mass is 9.85. The minimum absolute atomic E-state index is 0.147. The van der Waals surface area contributed by atoms with Crippen LogP contribution in [0.5, 0.6) is 0 Å². The number of carbonyl (C=O) groups excluding carboxylic acids is 6. The second-order valence-electron chi connectivity index (χ2n) is 20.4. The molecule has 4 amide bonds. The van der Waals surface area contributed by atoms with Gasteiger partial charge < -0.3 is 61.3 Å². The molecular formula is C57H76ClN11O11S. The van der Waals surface area contributed by atoms with Crippen LogP contribution in [0, 0.1) is 25.7 Å². The number of hydrogen-bond donors (Lipinski definition) is 7. The van der Waals surface area contributed by atoms with Gasteiger partial charge in [-0.15, -0.1) is 0 Å². The van der Waals surface area contributed by atoms with Crippen LogP contribution in [-0.2, 0) is 33.3 Å². The fourth-order valence-electron chi connectivity index (χ4n) is 9.59. The van der Waals surface area contributed by atoms with Crippen molar-refractivity contribution in [3.8, 4) is 0 Å². The van der Waals surface area contributed by atoms with Crippen molar-refractivity contribution in [1.82, 2.24) is 35.8 Å². The number of halogens is 1. The Morgan fingerprint density at radius 2 is 1.72 bits per heavy atom. The van der Waals surface area contributed by atoms with Crippen LogP contribution in [0.4, 0.5) is 32.0 Å². The van der Waals surface area contributed by atoms with Gasteiger partial charge in [0.25, 0.3) is 11.8 Å². The lowest BCUT2D eigenvalue weighted by molar-refractivity contribution is -0.120. The van der Waals surface area contributed by atoms with Crippen LogP contribution in [0.1, 0.15) is 87.3 Å². The van der Waals surface area contributed by atoms with Gasteiger partial charge in [-0.2, -0.15) is 0 Å². The van der Waals surface area contributed by atoms with E-state index in [2.05, 4.69) is 51.3 Å². The molecule has 22 nitrogen and oxygen atoms in total. The van der Waals surface area contributed by atoms with E-state index in [1.54, 1.807) is 45.1 Å². The molecule has 0 unspecified atom stereocenters. The van der Waals surface area contributed by atoms with Gasteiger partial charge >= 0.3 is 12.2 Å². The summed E-state index contributed by atoms with van der Waals surface area (Å²) in [5, 5.41) is 27.2. The zero-order chi connectivity index (χ0) is 58.8. The van der Waals surface area contributed by atoms with Crippen molar-refractivity contribution < 1.29 is 52.8 Å². The number of hydrogen-bond acceptors (Lipinski definition) is 19. The number of piperazine rings is 1. The number of primary amides is 1. The number of alkyl carbamates (subject to hydrolysis) is 1. The fourth-order valence-corrected chi connectivity index (χ4v) is 10.6. The summed E-state index contributed by atoms with van der Waals surface area (Å²) < 4.78 is 22.3. The van der Waals surface area contributed by atoms with Gasteiger partial charge in [-0.05, 0) is 76.5 Å². The molecule has 1 aliphatic carbocycles. The number of aliphatic hydroxyl groups is 1. The lowest BCUT2D eigenvalue weighted by Crippen LogP contribution is -2.47. The quantitative estimate of drug-likeness (QED) is 0.0362. The number of thiazole rings is 1. The third kappa shape index (κ3) is 18.5. The van der Waals surface area contributed by atoms with E-state index < -0.39 is 60.0 Å². The Hall–Kier alpha value is -7.02. The summed E-state index contributed by atoms with van der Waals surface area (Å²) in [6.07, 6.45) is 7.46. The molecule has 0 radical (unpaired) electrons. The van der Waals surface area contributed by atoms with Crippen LogP contribution in [0.15, 0.2) is 89.0 Å². The number of ketones is 2. The van der Waals surface area contributed by atoms with Crippen LogP contribution < -0.4 is 37.2 Å². The van der Waals surface area contributed by atoms with Gasteiger partial charge in [-0.25, -0.2) is 24.5 Å². The molecule has 2 aliphatic heterocycles. The first kappa shape index (κ1) is 63.2. The highest BCUT2D eigenvalue weighted by Gasteiger charge is 2.34. The third-order valence-corrected chi connectivity index (χ3v) is 15.3. The average molecular weight is 1160 g/mol. The highest BCUT2D eigenvalue weighted by Crippen LogP contribution is 2.31. The first-order chi connectivity index (χ1) is 38.7. The number of rotatable bonds is 19. The number of benzene rings is 1. The summed E-state index contributed by atoms with van der Waals surface area (Å²) in [4.78, 5) is 97.1. The summed E-state index contributed by atoms with van der Waals surface area (Å²) in [5.74, 6) is -0.719. The van der Waals surface area contributed by atoms with E-state index in [4.69, 9.17) is 36.3 Å². The third-order valence-electron chi connectivity index (χ3n) is 14.1. The molecule has 6 rings (SSSR count). The topological polar surface area (TPSA) is 291 Å². The van der Waals surface area contributed by atoms with Gasteiger partial charge in [-0.1, -0.05) is 86.1 Å². The smallest absolute Gasteiger partial charge is 0.407 e. The average Bonchev–Trinajstić information content (AvgIpc) is 3.94. The van der Waals surface area contributed by atoms with Crippen molar-refractivity contribution in [3.05, 3.63) is 110 Å². The number of allylic oxidation sites excluding steroid dienone is 4. The second-order valence-corrected chi connectivity index (χ2v) is 21.8. The molecule has 4 heterocycles. The predicted octanol–water partition coefficient (Wildman–Crippen LogP) is 6.97. The van der Waals surface area contributed by atoms with Crippen LogP contribution in [0.2, 0.25) is 5.02 Å². The largest absolute Gasteiger partial charge is 0.448 e. The first-order valence-corrected chi connectivity index (χ1v) is 28.3. The molecular weight excluding hydrogens is 1080 g/mol. The van der Waals surface area contributed by atoms with Gasteiger partial charge in [0.05, 0.1) is 40.5 Å². The summed E-state index contributed by atoms with van der Waals surface area (Å²) in [7, 11) is 2.92. The molecule has 8 N–H and O–H groups in total. The van der Waals surface area contributed by atoms with E-state index in [1.807, 2.05) is 39.0 Å². The zero-order valence-corrected chi connectivity index (χ0v) is 48.8. The van der Waals surface area contributed by atoms with E-state index in [0.29, 0.717) is 89.9 Å². The summed E-state index contributed by atoms with van der Waals surface area (Å²) in [6.45, 7) is 15.2. The Kier molecular flexibility index (Phi) is 23.9. The number of Topliss-reactive ketones (excluding diaryl/α,β-unsaturated/α-hetero) is 1. The molecule has 1 saturated heterocycles. The number of para-hydroxylation sites is 1. The monoisotopic (exact) mass is 1160 g/mol. The van der Waals surface area contributed by atoms with Crippen molar-refractivity contribution in [1.29, 1.82) is 0 Å². The van der Waals surface area contributed by atoms with Gasteiger partial charge in [0.1, 0.15) is 35.0 Å². The maximum Gasteiger partial charge on any atom is 0.407 e. The Morgan fingerprint density at radius 1 is 0.975 bits per heavy atom. The molecule has 3 aromatic rings. The number of nitrogens with two attached hydrogens (primary N) is 1. The molecule has 0 spiro atoms. The number of anilines is 4. The summed E-state index contributed by atoms with van der Waals surface area (Å²) in [6, 6.07) is 7.28. The standard InChI is InChI=1S/C57H76ClN11O11S/c1-33-27-39-49(42(70)30-41(51(39)72)65-53(73)35(3)16-14-18-43(77-7)52(80-55(59)75)37(5)29-36(4)50(71)44(28-33)78-8)60-19-11-9-10-12-20-61-57(76)79-26-25-68-21-23-69(24-22-68)47-31-46(63-38(6)64-47)66-56-62-32-45(81-56)54(74)67-48-34(2)15-13-17-40(48)58/h13-18,29-33,36,43-44,50,52,60,71H,9-12,19-28H2,1-8H3,(H2,59,75)(H,61,76)(H,65,73)(H,67,74)(H,62,63,64,66)/b18-14-,35-16-,37-29-/t33-,36+,43+,44+,50+,52+/m1/s1. The number of unbranched alkanes of at least 4 members (excludes halogenated alkanes) is 3. The molecule has 24 heteroatoms. The highest BCUT2D eigenvalue weighted by atomic mass is 35.5. The molecule has 6 atom stereocenters. The van der Waals surface area contributed by atoms with Crippen molar-refractivity contribution in [2.24, 2.45) is 17.6 Å². The number of carbonyl (C=O) groups is 6. The normalized spacial score (nSPS) is 23.3. The molecule has 0 saturated carbocycles. The van der Waals surface area contributed by atoms with Gasteiger partial charge in [0.2, 0.25) is 11.6 Å². The Labute approximate surface area is 482 Å². The number of aryl methyl sites for hydroxylation is 2. The maximum absolute atomic E-state index is 14.1. The Bertz CT molecular complexity index is 2880. The molecule has 3 aliphatic rings. The molecule has 2 bridgehead atoms. The maximum atomic E-state index is 14.1. The zero-order valence-electron chi connectivity index (χ0n) is 47.3. The van der Waals surface area contributed by atoms with E-state index in [0.717, 1.165) is 43.4 Å². The van der Waals surface area contributed by atoms with Gasteiger partial charge in [-0.3, -0.25) is 24.1 Å². The first-order valence-electron chi connectivity index (χ1n) is 27.1. The number of ether oxygens (including phenoxy) is 4. The molecule has 2 aromatic heterocycles. The van der Waals surface area contributed by atoms with E-state index in [9.17, 15) is 33.9 Å². The predicted molar refractivity (Wildman–Crippen MR) is 310 cm³/mol. The number of nitrogens with one attached hydrogen (secondary N) is 5. The van der Waals surface area contributed by atoms with Crippen LogP contribution in [0.25, 0.3) is 0 Å². The SMILES string of the molecule is CO[C@H]1/C=C\C=C(\C)C(=O)NC2=CC(=O)C(NCCCCCCNC(=O)OCCN3CCN(c4cc(Nc5ncc(C(=O)Nc6c(C)cccc6Cl)s5)nc(C)n4)CC3)=C(C[C@@H](C)C[C@H](OC)[C@@H](O)[C@@H](C)/C=C(/C)[C@@H]1OC(N)=O)C2=O. The summed E-state index contributed by atoms with van der Waals surface area (Å²) >= 11 is 7.51. The Morgan fingerprint density at radius 3 is 2.42 bits per heavy atom. The van der Waals surface area contributed by atoms with Gasteiger partial charge in [0.15, 0.2) is 11.2 Å². The number of nitrogens with zero attached hydrogens (tertiary/aromatic N) is 5. The van der Waals surface area contributed by atoms with E-state index in [1.165, 1.54) is 37.8 Å². The van der Waals surface area contributed by atoms with Crippen molar-refractivity contribution in [3.63, 3.8) is 0 Å².